The van der Waals surface area contributed by atoms with Gasteiger partial charge in [0.25, 0.3) is 15.9 Å². The van der Waals surface area contributed by atoms with Gasteiger partial charge in [-0.1, -0.05) is 23.4 Å². The topological polar surface area (TPSA) is 123 Å². The molecule has 2 N–H and O–H groups in total. The van der Waals surface area contributed by atoms with Crippen molar-refractivity contribution >= 4 is 21.6 Å². The number of sulfonamides is 1. The van der Waals surface area contributed by atoms with Crippen LogP contribution < -0.4 is 14.8 Å². The van der Waals surface area contributed by atoms with Crippen LogP contribution >= 0.6 is 0 Å². The fourth-order valence-corrected chi connectivity index (χ4v) is 4.29. The number of hydrogen-bond acceptors (Lipinski definition) is 7. The van der Waals surface area contributed by atoms with Crippen LogP contribution in [0.2, 0.25) is 0 Å². The van der Waals surface area contributed by atoms with Crippen LogP contribution in [0.4, 0.5) is 5.69 Å². The Morgan fingerprint density at radius 1 is 1.16 bits per heavy atom. The summed E-state index contributed by atoms with van der Waals surface area (Å²) in [4.78, 5) is 16.6. The average Bonchev–Trinajstić information content (AvgIpc) is 3.16. The van der Waals surface area contributed by atoms with Crippen molar-refractivity contribution in [2.24, 2.45) is 0 Å². The molecule has 0 spiro atoms. The molecule has 1 aromatic heterocycles. The Hall–Kier alpha value is -3.40. The lowest BCUT2D eigenvalue weighted by atomic mass is 10.1. The predicted octanol–water partition coefficient (Wildman–Crippen LogP) is 2.86. The number of methoxy groups -OCH3 is 1. The van der Waals surface area contributed by atoms with E-state index in [9.17, 15) is 13.2 Å². The highest BCUT2D eigenvalue weighted by atomic mass is 32.2. The largest absolute Gasteiger partial charge is 0.495 e. The molecular weight excluding hydrogens is 420 g/mol. The number of para-hydroxylation sites is 2. The summed E-state index contributed by atoms with van der Waals surface area (Å²) >= 11 is 0. The zero-order chi connectivity index (χ0) is 22.4. The van der Waals surface area contributed by atoms with Crippen LogP contribution in [0.5, 0.6) is 5.75 Å². The maximum Gasteiger partial charge on any atom is 0.262 e. The number of amides is 1. The molecule has 0 bridgehead atoms. The second-order valence-electron chi connectivity index (χ2n) is 6.88. The highest BCUT2D eigenvalue weighted by Gasteiger charge is 2.20. The summed E-state index contributed by atoms with van der Waals surface area (Å²) in [5, 5.41) is 6.49. The quantitative estimate of drug-likeness (QED) is 0.486. The SMILES string of the molecule is COc1ccccc1NS(=O)(=O)c1cc(C(=O)NCCCc2nc(C)no2)ccc1C. The van der Waals surface area contributed by atoms with Gasteiger partial charge in [-0.15, -0.1) is 0 Å². The van der Waals surface area contributed by atoms with Crippen LogP contribution in [0.15, 0.2) is 51.9 Å². The van der Waals surface area contributed by atoms with E-state index in [0.29, 0.717) is 48.1 Å². The fraction of sp³-hybridized carbons (Fsp3) is 0.286. The average molecular weight is 445 g/mol. The molecule has 0 aliphatic heterocycles. The van der Waals surface area contributed by atoms with E-state index in [-0.39, 0.29) is 16.4 Å². The lowest BCUT2D eigenvalue weighted by molar-refractivity contribution is 0.0952. The predicted molar refractivity (Wildman–Crippen MR) is 115 cm³/mol. The summed E-state index contributed by atoms with van der Waals surface area (Å²) in [6.07, 6.45) is 1.15. The van der Waals surface area contributed by atoms with Crippen LogP contribution in [0.1, 0.15) is 34.1 Å². The molecule has 0 saturated carbocycles. The maximum absolute atomic E-state index is 13.0. The molecule has 0 radical (unpaired) electrons. The van der Waals surface area contributed by atoms with Crippen LogP contribution in [0.3, 0.4) is 0 Å². The minimum Gasteiger partial charge on any atom is -0.495 e. The molecule has 0 fully saturated rings. The second-order valence-corrected chi connectivity index (χ2v) is 8.53. The molecule has 2 aromatic carbocycles. The van der Waals surface area contributed by atoms with Crippen LogP contribution in [-0.2, 0) is 16.4 Å². The third-order valence-corrected chi connectivity index (χ3v) is 6.02. The van der Waals surface area contributed by atoms with E-state index < -0.39 is 10.0 Å². The third kappa shape index (κ3) is 5.60. The van der Waals surface area contributed by atoms with E-state index >= 15 is 0 Å². The maximum atomic E-state index is 13.0. The molecule has 31 heavy (non-hydrogen) atoms. The van der Waals surface area contributed by atoms with E-state index in [1.807, 2.05) is 0 Å². The van der Waals surface area contributed by atoms with E-state index in [0.717, 1.165) is 0 Å². The molecule has 164 valence electrons. The van der Waals surface area contributed by atoms with E-state index in [4.69, 9.17) is 9.26 Å². The Morgan fingerprint density at radius 3 is 2.65 bits per heavy atom. The molecule has 3 aromatic rings. The minimum atomic E-state index is -3.93. The summed E-state index contributed by atoms with van der Waals surface area (Å²) in [5.41, 5.74) is 1.08. The normalized spacial score (nSPS) is 11.2. The first kappa shape index (κ1) is 22.3. The number of hydrogen-bond donors (Lipinski definition) is 2. The molecule has 0 aliphatic rings. The van der Waals surface area contributed by atoms with Crippen molar-refractivity contribution in [2.45, 2.75) is 31.6 Å². The molecule has 1 amide bonds. The molecule has 3 rings (SSSR count). The lowest BCUT2D eigenvalue weighted by Crippen LogP contribution is -2.25. The van der Waals surface area contributed by atoms with Gasteiger partial charge in [0.2, 0.25) is 5.89 Å². The Kier molecular flexibility index (Phi) is 6.91. The van der Waals surface area contributed by atoms with Crippen LogP contribution in [-0.4, -0.2) is 38.1 Å². The van der Waals surface area contributed by atoms with Gasteiger partial charge < -0.3 is 14.6 Å². The van der Waals surface area contributed by atoms with Gasteiger partial charge >= 0.3 is 0 Å². The van der Waals surface area contributed by atoms with E-state index in [1.54, 1.807) is 50.2 Å². The molecule has 1 heterocycles. The number of nitrogens with zero attached hydrogens (tertiary/aromatic N) is 2. The summed E-state index contributed by atoms with van der Waals surface area (Å²) in [7, 11) is -2.47. The molecule has 0 unspecified atom stereocenters. The van der Waals surface area contributed by atoms with E-state index in [2.05, 4.69) is 20.2 Å². The summed E-state index contributed by atoms with van der Waals surface area (Å²) < 4.78 is 38.7. The highest BCUT2D eigenvalue weighted by Crippen LogP contribution is 2.27. The van der Waals surface area contributed by atoms with Gasteiger partial charge in [-0.25, -0.2) is 8.42 Å². The number of rotatable bonds is 9. The lowest BCUT2D eigenvalue weighted by Gasteiger charge is -2.14. The zero-order valence-electron chi connectivity index (χ0n) is 17.5. The first-order valence-corrected chi connectivity index (χ1v) is 11.1. The third-order valence-electron chi connectivity index (χ3n) is 4.51. The van der Waals surface area contributed by atoms with Gasteiger partial charge in [0.05, 0.1) is 17.7 Å². The van der Waals surface area contributed by atoms with Gasteiger partial charge in [0.15, 0.2) is 5.82 Å². The second kappa shape index (κ2) is 9.61. The van der Waals surface area contributed by atoms with Gasteiger partial charge in [0.1, 0.15) is 5.75 Å². The number of benzene rings is 2. The highest BCUT2D eigenvalue weighted by molar-refractivity contribution is 7.92. The molecule has 0 saturated heterocycles. The Morgan fingerprint density at radius 2 is 1.94 bits per heavy atom. The first-order chi connectivity index (χ1) is 14.8. The first-order valence-electron chi connectivity index (χ1n) is 9.64. The fourth-order valence-electron chi connectivity index (χ4n) is 2.94. The number of aromatic nitrogens is 2. The van der Waals surface area contributed by atoms with Crippen molar-refractivity contribution in [1.29, 1.82) is 0 Å². The van der Waals surface area contributed by atoms with Crippen molar-refractivity contribution in [2.75, 3.05) is 18.4 Å². The van der Waals surface area contributed by atoms with Crippen molar-refractivity contribution in [1.82, 2.24) is 15.5 Å². The standard InChI is InChI=1S/C21H24N4O5S/c1-14-10-11-16(21(26)22-12-6-9-20-23-15(2)24-30-20)13-19(14)31(27,28)25-17-7-4-5-8-18(17)29-3/h4-5,7-8,10-11,13,25H,6,9,12H2,1-3H3,(H,22,26). The van der Waals surface area contributed by atoms with Gasteiger partial charge in [-0.3, -0.25) is 9.52 Å². The Bertz CT molecular complexity index is 1170. The summed E-state index contributed by atoms with van der Waals surface area (Å²) in [6, 6.07) is 11.3. The number of carbonyl (C=O) groups excluding carboxylic acids is 1. The molecular formula is C21H24N4O5S. The number of aryl methyl sites for hydroxylation is 3. The van der Waals surface area contributed by atoms with Crippen molar-refractivity contribution in [3.63, 3.8) is 0 Å². The monoisotopic (exact) mass is 444 g/mol. The summed E-state index contributed by atoms with van der Waals surface area (Å²) in [6.45, 7) is 3.79. The Balaban J connectivity index is 1.69. The number of carbonyl (C=O) groups is 1. The minimum absolute atomic E-state index is 0.0207. The van der Waals surface area contributed by atoms with Crippen molar-refractivity contribution in [3.05, 3.63) is 65.3 Å². The van der Waals surface area contributed by atoms with E-state index in [1.165, 1.54) is 13.2 Å². The number of ether oxygens (including phenoxy) is 1. The zero-order valence-corrected chi connectivity index (χ0v) is 18.3. The molecule has 9 nitrogen and oxygen atoms in total. The van der Waals surface area contributed by atoms with Crippen molar-refractivity contribution < 1.29 is 22.5 Å². The van der Waals surface area contributed by atoms with Gasteiger partial charge in [-0.05, 0) is 50.1 Å². The van der Waals surface area contributed by atoms with Crippen LogP contribution in [0, 0.1) is 13.8 Å². The summed E-state index contributed by atoms with van der Waals surface area (Å²) in [5.74, 6) is 1.11. The molecule has 0 aliphatic carbocycles. The van der Waals surface area contributed by atoms with Gasteiger partial charge in [-0.2, -0.15) is 4.98 Å². The van der Waals surface area contributed by atoms with Crippen LogP contribution in [0.25, 0.3) is 0 Å². The number of nitrogens with one attached hydrogen (secondary N) is 2. The van der Waals surface area contributed by atoms with Gasteiger partial charge in [0, 0.05) is 18.5 Å². The smallest absolute Gasteiger partial charge is 0.262 e. The Labute approximate surface area is 180 Å². The molecule has 10 heteroatoms. The number of anilines is 1. The van der Waals surface area contributed by atoms with Crippen molar-refractivity contribution in [3.8, 4) is 5.75 Å². The molecule has 0 atom stereocenters.